The van der Waals surface area contributed by atoms with Crippen LogP contribution in [0.3, 0.4) is 0 Å². The molecule has 1 aliphatic rings. The molecule has 1 heterocycles. The van der Waals surface area contributed by atoms with E-state index in [2.05, 4.69) is 46.4 Å². The van der Waals surface area contributed by atoms with Crippen LogP contribution in [0.5, 0.6) is 0 Å². The van der Waals surface area contributed by atoms with Crippen molar-refractivity contribution >= 4 is 6.09 Å². The van der Waals surface area contributed by atoms with Crippen molar-refractivity contribution < 1.29 is 9.90 Å². The topological polar surface area (TPSA) is 69.2 Å². The molecule has 1 fully saturated rings. The molecule has 2 N–H and O–H groups in total. The van der Waals surface area contributed by atoms with Crippen molar-refractivity contribution in [3.8, 4) is 22.4 Å². The van der Waals surface area contributed by atoms with Crippen LogP contribution in [0.1, 0.15) is 37.9 Å². The van der Waals surface area contributed by atoms with Gasteiger partial charge in [0, 0.05) is 19.5 Å². The Bertz CT molecular complexity index is 944. The number of aromatic amines is 1. The van der Waals surface area contributed by atoms with Gasteiger partial charge in [-0.2, -0.15) is 0 Å². The quantitative estimate of drug-likeness (QED) is 0.520. The van der Waals surface area contributed by atoms with E-state index in [0.29, 0.717) is 25.4 Å². The van der Waals surface area contributed by atoms with Crippen molar-refractivity contribution in [3.63, 3.8) is 0 Å². The zero-order valence-corrected chi connectivity index (χ0v) is 17.3. The summed E-state index contributed by atoms with van der Waals surface area (Å²) in [4.78, 5) is 21.1. The summed E-state index contributed by atoms with van der Waals surface area (Å²) in [7, 11) is 0. The van der Waals surface area contributed by atoms with Crippen LogP contribution in [0.2, 0.25) is 0 Å². The summed E-state index contributed by atoms with van der Waals surface area (Å²) in [5, 5.41) is 9.58. The highest BCUT2D eigenvalue weighted by Crippen LogP contribution is 2.25. The molecule has 1 aromatic heterocycles. The van der Waals surface area contributed by atoms with Gasteiger partial charge in [0.2, 0.25) is 0 Å². The Morgan fingerprint density at radius 1 is 0.967 bits per heavy atom. The number of nitrogens with one attached hydrogen (secondary N) is 1. The van der Waals surface area contributed by atoms with Crippen molar-refractivity contribution in [2.75, 3.05) is 13.1 Å². The molecular weight excluding hydrogens is 374 g/mol. The number of imidazole rings is 1. The lowest BCUT2D eigenvalue weighted by Gasteiger charge is -2.27. The third-order valence-corrected chi connectivity index (χ3v) is 6.02. The highest BCUT2D eigenvalue weighted by atomic mass is 16.4. The zero-order chi connectivity index (χ0) is 20.8. The molecule has 5 nitrogen and oxygen atoms in total. The maximum absolute atomic E-state index is 11.7. The minimum absolute atomic E-state index is 0.478. The minimum Gasteiger partial charge on any atom is -0.465 e. The molecule has 5 heteroatoms. The van der Waals surface area contributed by atoms with E-state index >= 15 is 0 Å². The Labute approximate surface area is 177 Å². The lowest BCUT2D eigenvalue weighted by molar-refractivity contribution is 0.131. The van der Waals surface area contributed by atoms with Crippen LogP contribution in [0.25, 0.3) is 22.4 Å². The Kier molecular flexibility index (Phi) is 6.47. The second-order valence-electron chi connectivity index (χ2n) is 8.17. The molecule has 0 bridgehead atoms. The van der Waals surface area contributed by atoms with Crippen molar-refractivity contribution in [2.24, 2.45) is 5.92 Å². The Morgan fingerprint density at radius 3 is 2.33 bits per heavy atom. The van der Waals surface area contributed by atoms with Crippen LogP contribution >= 0.6 is 0 Å². The monoisotopic (exact) mass is 403 g/mol. The van der Waals surface area contributed by atoms with Crippen molar-refractivity contribution in [1.82, 2.24) is 14.9 Å². The van der Waals surface area contributed by atoms with Gasteiger partial charge in [-0.3, -0.25) is 0 Å². The molecule has 1 aliphatic carbocycles. The van der Waals surface area contributed by atoms with Gasteiger partial charge in [0.05, 0.1) is 11.9 Å². The van der Waals surface area contributed by atoms with Crippen molar-refractivity contribution in [1.29, 1.82) is 0 Å². The van der Waals surface area contributed by atoms with E-state index in [1.807, 2.05) is 24.4 Å². The van der Waals surface area contributed by atoms with Crippen LogP contribution < -0.4 is 0 Å². The second kappa shape index (κ2) is 9.61. The van der Waals surface area contributed by atoms with E-state index in [1.54, 1.807) is 4.90 Å². The lowest BCUT2D eigenvalue weighted by Crippen LogP contribution is -2.36. The maximum Gasteiger partial charge on any atom is 0.407 e. The predicted molar refractivity (Wildman–Crippen MR) is 119 cm³/mol. The molecule has 0 saturated heterocycles. The molecule has 0 spiro atoms. The van der Waals surface area contributed by atoms with Gasteiger partial charge < -0.3 is 15.0 Å². The molecular formula is C25H29N3O2. The molecule has 0 aliphatic heterocycles. The van der Waals surface area contributed by atoms with E-state index < -0.39 is 6.09 Å². The fourth-order valence-corrected chi connectivity index (χ4v) is 4.30. The molecule has 4 rings (SSSR count). The number of aromatic nitrogens is 2. The standard InChI is InChI=1S/C25H29N3O2/c29-25(30)28(18-19-7-3-1-4-8-19)16-15-24-26-17-23(27-24)22-13-11-21(12-14-22)20-9-5-2-6-10-20/h2,5-6,9-14,17,19H,1,3-4,7-8,15-16,18H2,(H,26,27)(H,29,30). The third kappa shape index (κ3) is 5.09. The highest BCUT2D eigenvalue weighted by molar-refractivity contribution is 5.68. The van der Waals surface area contributed by atoms with Gasteiger partial charge in [-0.05, 0) is 35.4 Å². The molecule has 30 heavy (non-hydrogen) atoms. The first-order chi connectivity index (χ1) is 14.7. The van der Waals surface area contributed by atoms with E-state index in [1.165, 1.54) is 30.4 Å². The zero-order valence-electron chi connectivity index (χ0n) is 17.3. The van der Waals surface area contributed by atoms with Gasteiger partial charge >= 0.3 is 6.09 Å². The molecule has 0 atom stereocenters. The van der Waals surface area contributed by atoms with Gasteiger partial charge in [-0.1, -0.05) is 73.9 Å². The number of rotatable bonds is 7. The Hall–Kier alpha value is -3.08. The van der Waals surface area contributed by atoms with Crippen LogP contribution in [0.4, 0.5) is 4.79 Å². The Morgan fingerprint density at radius 2 is 1.63 bits per heavy atom. The normalized spacial score (nSPS) is 14.5. The van der Waals surface area contributed by atoms with Crippen LogP contribution in [-0.2, 0) is 6.42 Å². The number of hydrogen-bond acceptors (Lipinski definition) is 2. The molecule has 1 amide bonds. The van der Waals surface area contributed by atoms with E-state index in [-0.39, 0.29) is 0 Å². The summed E-state index contributed by atoms with van der Waals surface area (Å²) in [6.07, 6.45) is 7.63. The number of benzene rings is 2. The van der Waals surface area contributed by atoms with Crippen molar-refractivity contribution in [3.05, 3.63) is 66.6 Å². The predicted octanol–water partition coefficient (Wildman–Crippen LogP) is 5.85. The Balaban J connectivity index is 1.36. The van der Waals surface area contributed by atoms with E-state index in [4.69, 9.17) is 0 Å². The fourth-order valence-electron chi connectivity index (χ4n) is 4.30. The largest absolute Gasteiger partial charge is 0.465 e. The fraction of sp³-hybridized carbons (Fsp3) is 0.360. The average Bonchev–Trinajstić information content (AvgIpc) is 3.27. The molecule has 0 radical (unpaired) electrons. The average molecular weight is 404 g/mol. The number of hydrogen-bond donors (Lipinski definition) is 2. The van der Waals surface area contributed by atoms with E-state index in [9.17, 15) is 9.90 Å². The minimum atomic E-state index is -0.830. The summed E-state index contributed by atoms with van der Waals surface area (Å²) in [6, 6.07) is 18.7. The molecule has 0 unspecified atom stereocenters. The maximum atomic E-state index is 11.7. The van der Waals surface area contributed by atoms with Gasteiger partial charge in [-0.25, -0.2) is 9.78 Å². The smallest absolute Gasteiger partial charge is 0.407 e. The summed E-state index contributed by atoms with van der Waals surface area (Å²) in [5.74, 6) is 1.33. The summed E-state index contributed by atoms with van der Waals surface area (Å²) in [6.45, 7) is 1.12. The molecule has 1 saturated carbocycles. The van der Waals surface area contributed by atoms with Crippen LogP contribution in [0.15, 0.2) is 60.8 Å². The number of H-pyrrole nitrogens is 1. The van der Waals surface area contributed by atoms with Gasteiger partial charge in [0.1, 0.15) is 5.82 Å². The van der Waals surface area contributed by atoms with Crippen molar-refractivity contribution in [2.45, 2.75) is 38.5 Å². The molecule has 156 valence electrons. The third-order valence-electron chi connectivity index (χ3n) is 6.02. The number of carbonyl (C=O) groups is 1. The number of nitrogens with zero attached hydrogens (tertiary/aromatic N) is 2. The van der Waals surface area contributed by atoms with Crippen LogP contribution in [0, 0.1) is 5.92 Å². The second-order valence-corrected chi connectivity index (χ2v) is 8.17. The summed E-state index contributed by atoms with van der Waals surface area (Å²) in [5.41, 5.74) is 4.41. The highest BCUT2D eigenvalue weighted by Gasteiger charge is 2.20. The van der Waals surface area contributed by atoms with Gasteiger partial charge in [-0.15, -0.1) is 0 Å². The van der Waals surface area contributed by atoms with Gasteiger partial charge in [0.25, 0.3) is 0 Å². The SMILES string of the molecule is O=C(O)N(CCc1ncc(-c2ccc(-c3ccccc3)cc2)[nH]1)CC1CCCCC1. The number of amides is 1. The number of carboxylic acid groups (broad SMARTS) is 1. The first kappa shape index (κ1) is 20.2. The molecule has 3 aromatic rings. The lowest BCUT2D eigenvalue weighted by atomic mass is 9.89. The first-order valence-electron chi connectivity index (χ1n) is 10.9. The molecule has 2 aromatic carbocycles. The van der Waals surface area contributed by atoms with Crippen LogP contribution in [-0.4, -0.2) is 39.2 Å². The summed E-state index contributed by atoms with van der Waals surface area (Å²) < 4.78 is 0. The van der Waals surface area contributed by atoms with Gasteiger partial charge in [0.15, 0.2) is 0 Å². The summed E-state index contributed by atoms with van der Waals surface area (Å²) >= 11 is 0. The van der Waals surface area contributed by atoms with E-state index in [0.717, 1.165) is 29.9 Å². The first-order valence-corrected chi connectivity index (χ1v) is 10.9.